The van der Waals surface area contributed by atoms with Crippen LogP contribution in [-0.2, 0) is 23.3 Å². The molecule has 4 rings (SSSR count). The Morgan fingerprint density at radius 1 is 1.32 bits per heavy atom. The number of urea groups is 1. The van der Waals surface area contributed by atoms with E-state index in [0.717, 1.165) is 52.5 Å². The summed E-state index contributed by atoms with van der Waals surface area (Å²) in [6.45, 7) is 6.61. The molecule has 1 atom stereocenters. The van der Waals surface area contributed by atoms with Gasteiger partial charge in [0.25, 0.3) is 5.91 Å². The molecule has 1 spiro atoms. The van der Waals surface area contributed by atoms with Crippen LogP contribution in [0.15, 0.2) is 17.5 Å². The van der Waals surface area contributed by atoms with E-state index in [4.69, 9.17) is 0 Å². The smallest absolute Gasteiger partial charge is 0.325 e. The Balaban J connectivity index is 1.60. The Morgan fingerprint density at radius 3 is 2.86 bits per heavy atom. The predicted octanol–water partition coefficient (Wildman–Crippen LogP) is 3.54. The minimum atomic E-state index is -0.996. The number of nitrogens with zero attached hydrogens (tertiary/aromatic N) is 2. The molecule has 148 valence electrons. The zero-order valence-corrected chi connectivity index (χ0v) is 17.3. The maximum Gasteiger partial charge on any atom is 0.325 e. The lowest BCUT2D eigenvalue weighted by Gasteiger charge is -2.31. The molecule has 1 N–H and O–H groups in total. The van der Waals surface area contributed by atoms with Crippen LogP contribution in [0.2, 0.25) is 0 Å². The van der Waals surface area contributed by atoms with E-state index in [-0.39, 0.29) is 18.2 Å². The van der Waals surface area contributed by atoms with Gasteiger partial charge < -0.3 is 9.88 Å². The largest absolute Gasteiger partial charge is 0.348 e. The minimum absolute atomic E-state index is 0.197. The third-order valence-electron chi connectivity index (χ3n) is 5.96. The van der Waals surface area contributed by atoms with E-state index >= 15 is 0 Å². The molecular weight excluding hydrogens is 374 g/mol. The molecule has 7 heteroatoms. The van der Waals surface area contributed by atoms with Crippen LogP contribution < -0.4 is 5.32 Å². The fourth-order valence-corrected chi connectivity index (χ4v) is 5.56. The van der Waals surface area contributed by atoms with E-state index in [1.165, 1.54) is 0 Å². The number of hydrogen-bond acceptors (Lipinski definition) is 4. The third-order valence-corrected chi connectivity index (χ3v) is 6.94. The predicted molar refractivity (Wildman–Crippen MR) is 108 cm³/mol. The van der Waals surface area contributed by atoms with Crippen molar-refractivity contribution in [3.05, 3.63) is 44.9 Å². The Hall–Kier alpha value is -2.41. The molecule has 2 aromatic rings. The molecule has 0 saturated carbocycles. The minimum Gasteiger partial charge on any atom is -0.348 e. The normalized spacial score (nSPS) is 21.3. The topological polar surface area (TPSA) is 71.4 Å². The Labute approximate surface area is 168 Å². The molecule has 1 fully saturated rings. The highest BCUT2D eigenvalue weighted by atomic mass is 32.1. The number of amides is 3. The number of carbonyl (C=O) groups is 3. The molecule has 2 aromatic heterocycles. The van der Waals surface area contributed by atoms with E-state index in [1.54, 1.807) is 11.3 Å². The first-order chi connectivity index (χ1) is 13.4. The second-order valence-corrected chi connectivity index (χ2v) is 8.70. The first-order valence-electron chi connectivity index (χ1n) is 9.80. The van der Waals surface area contributed by atoms with Gasteiger partial charge in [0.2, 0.25) is 0 Å². The highest BCUT2D eigenvalue weighted by Crippen LogP contribution is 2.42. The second-order valence-electron chi connectivity index (χ2n) is 7.70. The van der Waals surface area contributed by atoms with Crippen LogP contribution in [0.4, 0.5) is 4.79 Å². The van der Waals surface area contributed by atoms with Crippen LogP contribution in [0.3, 0.4) is 0 Å². The van der Waals surface area contributed by atoms with Gasteiger partial charge in [-0.25, -0.2) is 4.79 Å². The molecule has 0 bridgehead atoms. The number of rotatable bonds is 5. The van der Waals surface area contributed by atoms with Crippen LogP contribution in [0.25, 0.3) is 0 Å². The molecule has 0 aromatic carbocycles. The number of ketones is 1. The molecular formula is C21H25N3O3S. The quantitative estimate of drug-likeness (QED) is 0.617. The number of nitrogens with one attached hydrogen (secondary N) is 1. The van der Waals surface area contributed by atoms with E-state index in [2.05, 4.69) is 16.8 Å². The summed E-state index contributed by atoms with van der Waals surface area (Å²) in [6.07, 6.45) is 3.33. The molecule has 28 heavy (non-hydrogen) atoms. The fourth-order valence-electron chi connectivity index (χ4n) is 4.56. The summed E-state index contributed by atoms with van der Waals surface area (Å²) in [7, 11) is 0. The average Bonchev–Trinajstić information content (AvgIpc) is 3.31. The van der Waals surface area contributed by atoms with Crippen molar-refractivity contribution in [2.75, 3.05) is 6.54 Å². The molecule has 1 saturated heterocycles. The van der Waals surface area contributed by atoms with Gasteiger partial charge in [0.15, 0.2) is 5.78 Å². The average molecular weight is 400 g/mol. The van der Waals surface area contributed by atoms with Crippen LogP contribution in [0, 0.1) is 13.8 Å². The van der Waals surface area contributed by atoms with E-state index in [1.807, 2.05) is 31.4 Å². The van der Waals surface area contributed by atoms with Crippen molar-refractivity contribution >= 4 is 29.1 Å². The molecule has 3 heterocycles. The molecule has 2 aliphatic rings. The molecule has 0 radical (unpaired) electrons. The maximum atomic E-state index is 13.3. The molecule has 3 amide bonds. The summed E-state index contributed by atoms with van der Waals surface area (Å²) in [5.74, 6) is -0.495. The van der Waals surface area contributed by atoms with Crippen molar-refractivity contribution in [3.8, 4) is 0 Å². The number of aromatic nitrogens is 1. The van der Waals surface area contributed by atoms with Gasteiger partial charge in [0.1, 0.15) is 5.54 Å². The fraction of sp³-hybridized carbons (Fsp3) is 0.476. The van der Waals surface area contributed by atoms with Crippen molar-refractivity contribution in [1.82, 2.24) is 14.8 Å². The third kappa shape index (κ3) is 2.71. The summed E-state index contributed by atoms with van der Waals surface area (Å²) < 4.78 is 2.11. The second kappa shape index (κ2) is 6.88. The van der Waals surface area contributed by atoms with E-state index in [0.29, 0.717) is 12.0 Å². The summed E-state index contributed by atoms with van der Waals surface area (Å²) >= 11 is 1.62. The lowest BCUT2D eigenvalue weighted by Crippen LogP contribution is -2.46. The standard InChI is InChI=1S/C21H25N3O3S/c1-4-9-23-13(2)11-15(14(23)3)17(25)12-24-19(26)21(22-20(24)27)8-5-6-18-16(21)7-10-28-18/h7,10-11H,4-6,8-9,12H2,1-3H3,(H,22,27)/t21-/m1/s1. The number of carbonyl (C=O) groups excluding carboxylic acids is 3. The molecule has 1 aliphatic carbocycles. The number of Topliss-reactive ketones (excluding diaryl/α,β-unsaturated/α-hetero) is 1. The lowest BCUT2D eigenvalue weighted by atomic mass is 9.80. The van der Waals surface area contributed by atoms with Gasteiger partial charge in [-0.05, 0) is 57.0 Å². The highest BCUT2D eigenvalue weighted by molar-refractivity contribution is 7.10. The first kappa shape index (κ1) is 18.9. The number of imide groups is 1. The Kier molecular flexibility index (Phi) is 4.65. The SMILES string of the molecule is CCCn1c(C)cc(C(=O)CN2C(=O)N[C@@]3(CCCc4sccc43)C2=O)c1C. The van der Waals surface area contributed by atoms with E-state index in [9.17, 15) is 14.4 Å². The number of aryl methyl sites for hydroxylation is 2. The summed E-state index contributed by atoms with van der Waals surface area (Å²) in [4.78, 5) is 41.1. The first-order valence-corrected chi connectivity index (χ1v) is 10.7. The summed E-state index contributed by atoms with van der Waals surface area (Å²) in [5, 5.41) is 4.87. The van der Waals surface area contributed by atoms with Gasteiger partial charge in [0.05, 0.1) is 6.54 Å². The van der Waals surface area contributed by atoms with Crippen LogP contribution >= 0.6 is 11.3 Å². The highest BCUT2D eigenvalue weighted by Gasteiger charge is 2.54. The van der Waals surface area contributed by atoms with Crippen molar-refractivity contribution in [3.63, 3.8) is 0 Å². The van der Waals surface area contributed by atoms with Gasteiger partial charge in [-0.15, -0.1) is 11.3 Å². The van der Waals surface area contributed by atoms with Crippen molar-refractivity contribution < 1.29 is 14.4 Å². The van der Waals surface area contributed by atoms with Crippen molar-refractivity contribution in [2.45, 2.75) is 58.5 Å². The molecule has 1 aliphatic heterocycles. The van der Waals surface area contributed by atoms with Gasteiger partial charge >= 0.3 is 6.03 Å². The van der Waals surface area contributed by atoms with Gasteiger partial charge in [-0.1, -0.05) is 6.92 Å². The van der Waals surface area contributed by atoms with Crippen molar-refractivity contribution in [2.24, 2.45) is 0 Å². The zero-order chi connectivity index (χ0) is 20.1. The number of fused-ring (bicyclic) bond motifs is 2. The summed E-state index contributed by atoms with van der Waals surface area (Å²) in [5.41, 5.74) is 2.41. The number of thiophene rings is 1. The van der Waals surface area contributed by atoms with Crippen LogP contribution in [0.1, 0.15) is 58.4 Å². The maximum absolute atomic E-state index is 13.3. The Bertz CT molecular complexity index is 974. The monoisotopic (exact) mass is 399 g/mol. The van der Waals surface area contributed by atoms with Crippen LogP contribution in [-0.4, -0.2) is 33.7 Å². The van der Waals surface area contributed by atoms with Gasteiger partial charge in [0, 0.05) is 33.9 Å². The van der Waals surface area contributed by atoms with E-state index < -0.39 is 11.6 Å². The van der Waals surface area contributed by atoms with Crippen LogP contribution in [0.5, 0.6) is 0 Å². The van der Waals surface area contributed by atoms with Crippen molar-refractivity contribution in [1.29, 1.82) is 0 Å². The molecule has 0 unspecified atom stereocenters. The van der Waals surface area contributed by atoms with Gasteiger partial charge in [-0.2, -0.15) is 0 Å². The molecule has 6 nitrogen and oxygen atoms in total. The van der Waals surface area contributed by atoms with Gasteiger partial charge in [-0.3, -0.25) is 14.5 Å². The summed E-state index contributed by atoms with van der Waals surface area (Å²) in [6, 6.07) is 3.32. The Morgan fingerprint density at radius 2 is 2.11 bits per heavy atom. The lowest BCUT2D eigenvalue weighted by molar-refractivity contribution is -0.131. The number of hydrogen-bond donors (Lipinski definition) is 1. The zero-order valence-electron chi connectivity index (χ0n) is 16.5.